The Morgan fingerprint density at radius 3 is 2.22 bits per heavy atom. The second kappa shape index (κ2) is 15.9. The van der Waals surface area contributed by atoms with Crippen LogP contribution in [-0.2, 0) is 24.0 Å². The van der Waals surface area contributed by atoms with E-state index in [0.29, 0.717) is 19.3 Å². The molecule has 12 nitrogen and oxygen atoms in total. The molecule has 3 aliphatic carbocycles. The number of hydrogen-bond acceptors (Lipinski definition) is 7. The van der Waals surface area contributed by atoms with E-state index in [-0.39, 0.29) is 35.6 Å². The molecule has 1 aliphatic heterocycles. The number of nitrogens with one attached hydrogen (secondary N) is 4. The third-order valence-corrected chi connectivity index (χ3v) is 10.8. The maximum Gasteiger partial charge on any atom is 0.289 e. The van der Waals surface area contributed by atoms with E-state index >= 15 is 0 Å². The van der Waals surface area contributed by atoms with Crippen molar-refractivity contribution in [2.45, 2.75) is 154 Å². The molecular formula is C37H55N5O7. The zero-order valence-corrected chi connectivity index (χ0v) is 29.6. The number of fused-ring (bicyclic) bond motifs is 1. The number of rotatable bonds is 13. The van der Waals surface area contributed by atoms with Gasteiger partial charge in [-0.15, -0.1) is 0 Å². The van der Waals surface area contributed by atoms with Crippen molar-refractivity contribution in [3.63, 3.8) is 0 Å². The third-order valence-electron chi connectivity index (χ3n) is 10.8. The van der Waals surface area contributed by atoms with Crippen molar-refractivity contribution in [1.82, 2.24) is 26.2 Å². The smallest absolute Gasteiger partial charge is 0.289 e. The molecule has 6 atom stereocenters. The van der Waals surface area contributed by atoms with Gasteiger partial charge in [0.05, 0.1) is 12.3 Å². The Morgan fingerprint density at radius 2 is 1.59 bits per heavy atom. The van der Waals surface area contributed by atoms with Crippen molar-refractivity contribution in [3.8, 4) is 0 Å². The summed E-state index contributed by atoms with van der Waals surface area (Å²) in [4.78, 5) is 83.6. The van der Waals surface area contributed by atoms with Gasteiger partial charge in [-0.2, -0.15) is 0 Å². The molecule has 5 amide bonds. The van der Waals surface area contributed by atoms with E-state index in [1.165, 1.54) is 6.26 Å². The topological polar surface area (TPSA) is 167 Å². The largest absolute Gasteiger partial charge is 0.459 e. The summed E-state index contributed by atoms with van der Waals surface area (Å²) >= 11 is 0. The van der Waals surface area contributed by atoms with Crippen LogP contribution in [0.3, 0.4) is 0 Å². The van der Waals surface area contributed by atoms with E-state index in [0.717, 1.165) is 70.6 Å². The molecule has 49 heavy (non-hydrogen) atoms. The van der Waals surface area contributed by atoms with Gasteiger partial charge in [0.15, 0.2) is 5.76 Å². The van der Waals surface area contributed by atoms with Crippen LogP contribution in [0.4, 0.5) is 0 Å². The first-order chi connectivity index (χ1) is 23.4. The molecule has 1 aromatic rings. The van der Waals surface area contributed by atoms with Gasteiger partial charge in [0.25, 0.3) is 11.8 Å². The number of Topliss-reactive ketones (excluding diaryl/α,β-unsaturated/α-hetero) is 1. The second-order valence-corrected chi connectivity index (χ2v) is 15.7. The summed E-state index contributed by atoms with van der Waals surface area (Å²) in [5.74, 6) is -2.94. The van der Waals surface area contributed by atoms with Crippen LogP contribution >= 0.6 is 0 Å². The number of ketones is 1. The highest BCUT2D eigenvalue weighted by atomic mass is 16.3. The molecule has 5 rings (SSSR count). The molecule has 0 radical (unpaired) electrons. The molecule has 4 aliphatic rings. The van der Waals surface area contributed by atoms with Gasteiger partial charge in [-0.3, -0.25) is 28.8 Å². The number of nitrogens with zero attached hydrogens (tertiary/aromatic N) is 1. The monoisotopic (exact) mass is 681 g/mol. The van der Waals surface area contributed by atoms with Gasteiger partial charge < -0.3 is 30.6 Å². The van der Waals surface area contributed by atoms with E-state index in [4.69, 9.17) is 4.42 Å². The molecule has 270 valence electrons. The van der Waals surface area contributed by atoms with Gasteiger partial charge in [-0.05, 0) is 80.8 Å². The minimum atomic E-state index is -0.986. The normalized spacial score (nSPS) is 24.6. The van der Waals surface area contributed by atoms with Gasteiger partial charge in [0.1, 0.15) is 18.1 Å². The Morgan fingerprint density at radius 1 is 0.898 bits per heavy atom. The lowest BCUT2D eigenvalue weighted by atomic mass is 9.81. The van der Waals surface area contributed by atoms with Crippen LogP contribution in [0.2, 0.25) is 0 Å². The van der Waals surface area contributed by atoms with Crippen LogP contribution in [0.1, 0.15) is 128 Å². The fourth-order valence-electron chi connectivity index (χ4n) is 7.99. The lowest BCUT2D eigenvalue weighted by molar-refractivity contribution is -0.147. The first-order valence-corrected chi connectivity index (χ1v) is 18.5. The quantitative estimate of drug-likeness (QED) is 0.230. The molecule has 1 saturated heterocycles. The second-order valence-electron chi connectivity index (χ2n) is 15.7. The fraction of sp³-hybridized carbons (Fsp3) is 0.730. The summed E-state index contributed by atoms with van der Waals surface area (Å²) < 4.78 is 5.29. The van der Waals surface area contributed by atoms with Crippen molar-refractivity contribution in [2.75, 3.05) is 0 Å². The summed E-state index contributed by atoms with van der Waals surface area (Å²) in [5.41, 5.74) is -0.732. The van der Waals surface area contributed by atoms with Crippen molar-refractivity contribution in [1.29, 1.82) is 0 Å². The van der Waals surface area contributed by atoms with E-state index < -0.39 is 59.0 Å². The number of furan rings is 1. The molecule has 4 fully saturated rings. The van der Waals surface area contributed by atoms with Crippen molar-refractivity contribution in [2.24, 2.45) is 17.3 Å². The van der Waals surface area contributed by atoms with Crippen LogP contribution in [0.15, 0.2) is 22.8 Å². The van der Waals surface area contributed by atoms with Crippen LogP contribution in [0.25, 0.3) is 0 Å². The average Bonchev–Trinajstić information content (AvgIpc) is 3.55. The molecular weight excluding hydrogens is 626 g/mol. The zero-order valence-electron chi connectivity index (χ0n) is 29.6. The molecule has 4 N–H and O–H groups in total. The number of carbonyl (C=O) groups is 6. The number of hydrogen-bond donors (Lipinski definition) is 4. The van der Waals surface area contributed by atoms with E-state index in [2.05, 4.69) is 21.3 Å². The van der Waals surface area contributed by atoms with Crippen LogP contribution in [0, 0.1) is 17.3 Å². The van der Waals surface area contributed by atoms with Gasteiger partial charge in [-0.25, -0.2) is 0 Å². The molecule has 3 saturated carbocycles. The Balaban J connectivity index is 1.37. The SMILES string of the molecule is CCC[C@H](NC(=O)[C@@H]1C[C@@H]2CCCC[C@@H]2N1C(=O)[C@@H](NC(=O)[C@@H](NC(=O)c1ccco1)C1CCCCC1)C(C)(C)C)C(=O)C(=O)NC1CC1. The highest BCUT2D eigenvalue weighted by Gasteiger charge is 2.51. The summed E-state index contributed by atoms with van der Waals surface area (Å²) in [6.45, 7) is 7.53. The third kappa shape index (κ3) is 8.91. The van der Waals surface area contributed by atoms with Gasteiger partial charge in [0.2, 0.25) is 23.5 Å². The molecule has 1 aromatic heterocycles. The molecule has 0 aromatic carbocycles. The predicted octanol–water partition coefficient (Wildman–Crippen LogP) is 3.78. The van der Waals surface area contributed by atoms with Crippen LogP contribution in [-0.4, -0.2) is 76.5 Å². The molecule has 2 heterocycles. The Labute approximate surface area is 289 Å². The molecule has 0 bridgehead atoms. The Bertz CT molecular complexity index is 1360. The van der Waals surface area contributed by atoms with E-state index in [9.17, 15) is 28.8 Å². The maximum atomic E-state index is 14.8. The van der Waals surface area contributed by atoms with Gasteiger partial charge in [-0.1, -0.05) is 66.2 Å². The molecule has 0 unspecified atom stereocenters. The molecule has 0 spiro atoms. The van der Waals surface area contributed by atoms with E-state index in [1.54, 1.807) is 17.0 Å². The van der Waals surface area contributed by atoms with Crippen LogP contribution < -0.4 is 21.3 Å². The minimum Gasteiger partial charge on any atom is -0.459 e. The Hall–Kier alpha value is -3.70. The highest BCUT2D eigenvalue weighted by molar-refractivity contribution is 6.38. The first kappa shape index (κ1) is 36.6. The standard InChI is InChI=1S/C37H55N5O7/c1-5-12-25(30(43)35(47)38-24-18-19-24)39-32(44)27-21-23-15-9-10-16-26(23)42(27)36(48)31(37(2,3)4)41-34(46)29(22-13-7-6-8-14-22)40-33(45)28-17-11-20-49-28/h11,17,20,22-27,29,31H,5-10,12-16,18-19,21H2,1-4H3,(H,38,47)(H,39,44)(H,40,45)(H,41,46)/t23-,25-,26-,27-,29-,31+/m0/s1. The zero-order chi connectivity index (χ0) is 35.3. The average molecular weight is 682 g/mol. The van der Waals surface area contributed by atoms with Gasteiger partial charge >= 0.3 is 0 Å². The number of amides is 5. The lowest BCUT2D eigenvalue weighted by Crippen LogP contribution is -2.63. The summed E-state index contributed by atoms with van der Waals surface area (Å²) in [6.07, 6.45) is 12.5. The molecule has 12 heteroatoms. The van der Waals surface area contributed by atoms with Crippen molar-refractivity contribution >= 4 is 35.3 Å². The highest BCUT2D eigenvalue weighted by Crippen LogP contribution is 2.41. The van der Waals surface area contributed by atoms with Crippen molar-refractivity contribution < 1.29 is 33.2 Å². The Kier molecular flexibility index (Phi) is 11.9. The minimum absolute atomic E-state index is 0.0150. The summed E-state index contributed by atoms with van der Waals surface area (Å²) in [6, 6.07) is -0.672. The maximum absolute atomic E-state index is 14.8. The number of carbonyl (C=O) groups excluding carboxylic acids is 6. The summed E-state index contributed by atoms with van der Waals surface area (Å²) in [7, 11) is 0. The predicted molar refractivity (Wildman–Crippen MR) is 182 cm³/mol. The van der Waals surface area contributed by atoms with E-state index in [1.807, 2.05) is 27.7 Å². The lowest BCUT2D eigenvalue weighted by Gasteiger charge is -2.40. The van der Waals surface area contributed by atoms with Crippen LogP contribution in [0.5, 0.6) is 0 Å². The first-order valence-electron chi connectivity index (χ1n) is 18.5. The fourth-order valence-corrected chi connectivity index (χ4v) is 7.99. The van der Waals surface area contributed by atoms with Gasteiger partial charge in [0, 0.05) is 12.1 Å². The number of likely N-dealkylation sites (tertiary alicyclic amines) is 1. The van der Waals surface area contributed by atoms with Crippen molar-refractivity contribution in [3.05, 3.63) is 24.2 Å². The summed E-state index contributed by atoms with van der Waals surface area (Å²) in [5, 5.41) is 11.5.